The van der Waals surface area contributed by atoms with E-state index in [0.29, 0.717) is 60.5 Å². The highest BCUT2D eigenvalue weighted by molar-refractivity contribution is 5.86. The van der Waals surface area contributed by atoms with Crippen molar-refractivity contribution < 1.29 is 24.5 Å². The van der Waals surface area contributed by atoms with Crippen LogP contribution < -0.4 is 10.6 Å². The number of fused-ring (bicyclic) bond motifs is 1. The molecule has 3 aromatic rings. The quantitative estimate of drug-likeness (QED) is 0.279. The van der Waals surface area contributed by atoms with Crippen molar-refractivity contribution in [2.45, 2.75) is 51.9 Å². The van der Waals surface area contributed by atoms with E-state index in [2.05, 4.69) is 25.6 Å². The summed E-state index contributed by atoms with van der Waals surface area (Å²) >= 11 is 0. The molecule has 0 unspecified atom stereocenters. The lowest BCUT2D eigenvalue weighted by Crippen LogP contribution is -2.35. The summed E-state index contributed by atoms with van der Waals surface area (Å²) in [6.45, 7) is 7.34. The Labute approximate surface area is 198 Å². The topological polar surface area (TPSA) is 146 Å². The number of aryl methyl sites for hydroxylation is 2. The number of pyridine rings is 1. The molecule has 1 aliphatic carbocycles. The molecular weight excluding hydrogens is 438 g/mol. The largest absolute Gasteiger partial charge is 0.454 e. The Morgan fingerprint density at radius 3 is 2.71 bits per heavy atom. The second kappa shape index (κ2) is 10.6. The molecule has 1 aliphatic rings. The normalized spacial score (nSPS) is 22.4. The predicted octanol–water partition coefficient (Wildman–Crippen LogP) is 2.12. The van der Waals surface area contributed by atoms with E-state index in [-0.39, 0.29) is 6.61 Å². The highest BCUT2D eigenvalue weighted by Gasteiger charge is 2.41. The number of aliphatic hydroxyl groups excluding tert-OH is 3. The van der Waals surface area contributed by atoms with Gasteiger partial charge in [-0.2, -0.15) is 4.98 Å². The average Bonchev–Trinajstić information content (AvgIpc) is 3.36. The minimum atomic E-state index is -1.04. The molecule has 0 spiro atoms. The Balaban J connectivity index is 1.71. The Morgan fingerprint density at radius 2 is 2.00 bits per heavy atom. The maximum absolute atomic E-state index is 10.6. The van der Waals surface area contributed by atoms with Gasteiger partial charge in [-0.25, -0.2) is 4.98 Å². The maximum Gasteiger partial charge on any atom is 0.224 e. The van der Waals surface area contributed by atoms with Gasteiger partial charge in [0.05, 0.1) is 36.2 Å². The molecule has 0 aromatic carbocycles. The second-order valence-electron chi connectivity index (χ2n) is 8.57. The fourth-order valence-corrected chi connectivity index (χ4v) is 4.36. The zero-order valence-corrected chi connectivity index (χ0v) is 19.8. The molecule has 0 aliphatic heterocycles. The number of furan rings is 1. The van der Waals surface area contributed by atoms with Crippen LogP contribution in [0.2, 0.25) is 0 Å². The fourth-order valence-electron chi connectivity index (χ4n) is 4.36. The molecule has 1 fully saturated rings. The van der Waals surface area contributed by atoms with Gasteiger partial charge < -0.3 is 35.1 Å². The number of rotatable bonds is 10. The molecule has 3 aromatic heterocycles. The third-order valence-electron chi connectivity index (χ3n) is 6.25. The number of nitrogens with one attached hydrogen (secondary N) is 2. The smallest absolute Gasteiger partial charge is 0.224 e. The molecule has 10 nitrogen and oxygen atoms in total. The standard InChI is InChI=1S/C24H33N5O5/c1-4-16-8-14-10-18(34-19(14)11-26-16)20-13(3)27-24(25-6-7-33-5-2)29-23(20)28-17-9-15(12-30)21(31)22(17)32/h8,10-11,15,17,21-22,30-32H,4-7,9,12H2,1-3H3,(H2,25,27,28,29)/t15-,17-,21-,22+/m1/s1. The Bertz CT molecular complexity index is 1120. The summed E-state index contributed by atoms with van der Waals surface area (Å²) in [5.74, 6) is 1.07. The summed E-state index contributed by atoms with van der Waals surface area (Å²) in [5.41, 5.74) is 2.98. The predicted molar refractivity (Wildman–Crippen MR) is 129 cm³/mol. The van der Waals surface area contributed by atoms with Crippen molar-refractivity contribution in [3.05, 3.63) is 29.7 Å². The molecule has 0 bridgehead atoms. The molecular formula is C24H33N5O5. The number of ether oxygens (including phenoxy) is 1. The molecule has 0 radical (unpaired) electrons. The van der Waals surface area contributed by atoms with Crippen molar-refractivity contribution in [2.75, 3.05) is 37.0 Å². The van der Waals surface area contributed by atoms with Crippen LogP contribution in [0.1, 0.15) is 31.7 Å². The third kappa shape index (κ3) is 5.00. The van der Waals surface area contributed by atoms with Crippen LogP contribution in [-0.4, -0.2) is 74.9 Å². The molecule has 184 valence electrons. The van der Waals surface area contributed by atoms with E-state index in [4.69, 9.17) is 9.15 Å². The van der Waals surface area contributed by atoms with E-state index in [0.717, 1.165) is 17.5 Å². The van der Waals surface area contributed by atoms with Gasteiger partial charge in [-0.3, -0.25) is 4.98 Å². The first-order valence-corrected chi connectivity index (χ1v) is 11.8. The van der Waals surface area contributed by atoms with Crippen molar-refractivity contribution in [2.24, 2.45) is 5.92 Å². The average molecular weight is 472 g/mol. The van der Waals surface area contributed by atoms with Crippen LogP contribution in [0.15, 0.2) is 22.7 Å². The van der Waals surface area contributed by atoms with Crippen LogP contribution >= 0.6 is 0 Å². The van der Waals surface area contributed by atoms with E-state index < -0.39 is 24.2 Å². The van der Waals surface area contributed by atoms with Gasteiger partial charge in [0.1, 0.15) is 17.7 Å². The van der Waals surface area contributed by atoms with Gasteiger partial charge in [-0.1, -0.05) is 6.92 Å². The maximum atomic E-state index is 10.6. The van der Waals surface area contributed by atoms with Gasteiger partial charge >= 0.3 is 0 Å². The Kier molecular flexibility index (Phi) is 7.62. The van der Waals surface area contributed by atoms with Gasteiger partial charge in [0.2, 0.25) is 5.95 Å². The van der Waals surface area contributed by atoms with Crippen molar-refractivity contribution in [3.8, 4) is 11.3 Å². The zero-order chi connectivity index (χ0) is 24.2. The number of aliphatic hydroxyl groups is 3. The van der Waals surface area contributed by atoms with Crippen LogP contribution in [0.3, 0.4) is 0 Å². The lowest BCUT2D eigenvalue weighted by atomic mass is 10.1. The van der Waals surface area contributed by atoms with Crippen LogP contribution in [0, 0.1) is 12.8 Å². The summed E-state index contributed by atoms with van der Waals surface area (Å²) in [5, 5.41) is 37.8. The highest BCUT2D eigenvalue weighted by atomic mass is 16.5. The lowest BCUT2D eigenvalue weighted by Gasteiger charge is -2.21. The van der Waals surface area contributed by atoms with E-state index in [1.807, 2.05) is 32.9 Å². The van der Waals surface area contributed by atoms with E-state index in [9.17, 15) is 15.3 Å². The molecule has 4 atom stereocenters. The van der Waals surface area contributed by atoms with Crippen molar-refractivity contribution in [3.63, 3.8) is 0 Å². The van der Waals surface area contributed by atoms with Crippen LogP contribution in [0.4, 0.5) is 11.8 Å². The van der Waals surface area contributed by atoms with Crippen LogP contribution in [0.5, 0.6) is 0 Å². The van der Waals surface area contributed by atoms with E-state index in [1.165, 1.54) is 0 Å². The second-order valence-corrected chi connectivity index (χ2v) is 8.57. The number of anilines is 2. The van der Waals surface area contributed by atoms with Crippen molar-refractivity contribution in [1.29, 1.82) is 0 Å². The SMILES string of the molecule is CCOCCNc1nc(C)c(-c2cc3cc(CC)ncc3o2)c(N[C@@H]2C[C@H](CO)[C@@H](O)[C@H]2O)n1. The zero-order valence-electron chi connectivity index (χ0n) is 19.8. The molecule has 0 amide bonds. The molecule has 3 heterocycles. The van der Waals surface area contributed by atoms with Crippen LogP contribution in [0.25, 0.3) is 22.3 Å². The molecule has 4 rings (SSSR count). The summed E-state index contributed by atoms with van der Waals surface area (Å²) in [7, 11) is 0. The molecule has 0 saturated heterocycles. The third-order valence-corrected chi connectivity index (χ3v) is 6.25. The highest BCUT2D eigenvalue weighted by Crippen LogP contribution is 2.37. The molecule has 10 heteroatoms. The number of hydrogen-bond donors (Lipinski definition) is 5. The summed E-state index contributed by atoms with van der Waals surface area (Å²) < 4.78 is 11.5. The first-order valence-electron chi connectivity index (χ1n) is 11.8. The van der Waals surface area contributed by atoms with Crippen molar-refractivity contribution >= 4 is 22.7 Å². The molecule has 5 N–H and O–H groups in total. The fraction of sp³-hybridized carbons (Fsp3) is 0.542. The van der Waals surface area contributed by atoms with Crippen LogP contribution in [-0.2, 0) is 11.2 Å². The summed E-state index contributed by atoms with van der Waals surface area (Å²) in [6, 6.07) is 3.44. The Hall–Kier alpha value is -2.79. The summed E-state index contributed by atoms with van der Waals surface area (Å²) in [6.07, 6.45) is 0.886. The monoisotopic (exact) mass is 471 g/mol. The van der Waals surface area contributed by atoms with E-state index >= 15 is 0 Å². The first kappa shape index (κ1) is 24.3. The Morgan fingerprint density at radius 1 is 1.18 bits per heavy atom. The molecule has 34 heavy (non-hydrogen) atoms. The number of nitrogens with zero attached hydrogens (tertiary/aromatic N) is 3. The first-order chi connectivity index (χ1) is 16.4. The van der Waals surface area contributed by atoms with Gasteiger partial charge in [-0.15, -0.1) is 0 Å². The van der Waals surface area contributed by atoms with E-state index in [1.54, 1.807) is 6.20 Å². The minimum absolute atomic E-state index is 0.202. The van der Waals surface area contributed by atoms with Gasteiger partial charge in [-0.05, 0) is 38.8 Å². The van der Waals surface area contributed by atoms with Gasteiger partial charge in [0.25, 0.3) is 0 Å². The number of aromatic nitrogens is 3. The van der Waals surface area contributed by atoms with Gasteiger partial charge in [0.15, 0.2) is 5.58 Å². The van der Waals surface area contributed by atoms with Gasteiger partial charge in [0, 0.05) is 36.8 Å². The molecule has 1 saturated carbocycles. The minimum Gasteiger partial charge on any atom is -0.454 e. The van der Waals surface area contributed by atoms with Crippen molar-refractivity contribution in [1.82, 2.24) is 15.0 Å². The number of hydrogen-bond acceptors (Lipinski definition) is 10. The lowest BCUT2D eigenvalue weighted by molar-refractivity contribution is 0.00446. The summed E-state index contributed by atoms with van der Waals surface area (Å²) in [4.78, 5) is 13.7.